The molecule has 2 heterocycles. The highest BCUT2D eigenvalue weighted by Crippen LogP contribution is 2.36. The predicted octanol–water partition coefficient (Wildman–Crippen LogP) is 2.59. The van der Waals surface area contributed by atoms with Gasteiger partial charge in [0.1, 0.15) is 23.7 Å². The summed E-state index contributed by atoms with van der Waals surface area (Å²) >= 11 is 0. The lowest BCUT2D eigenvalue weighted by Gasteiger charge is -2.40. The van der Waals surface area contributed by atoms with Gasteiger partial charge in [-0.25, -0.2) is 4.98 Å². The molecule has 0 bridgehead atoms. The standard InChI is InChI=1S/C18H24N6O2.H2/c1-18(2)7-14(3-4-15(18)25)23-16-13(8-19)10-21-17(24-16)20-6-5-12-9-22-26-11-12;/h9-11,14-15,25H,3-7H2,1-2H3,(H2,20,21,23,24);1H/t14-,15+;/m1./s1. The molecular weight excluding hydrogens is 332 g/mol. The van der Waals surface area contributed by atoms with E-state index in [-0.39, 0.29) is 19.0 Å². The Morgan fingerprint density at radius 1 is 1.42 bits per heavy atom. The zero-order chi connectivity index (χ0) is 18.6. The molecule has 0 aliphatic heterocycles. The summed E-state index contributed by atoms with van der Waals surface area (Å²) in [5.41, 5.74) is 1.25. The Balaban J connectivity index is 0.00000261. The van der Waals surface area contributed by atoms with E-state index in [9.17, 15) is 10.4 Å². The molecule has 3 rings (SSSR count). The minimum Gasteiger partial charge on any atom is -0.393 e. The fraction of sp³-hybridized carbons (Fsp3) is 0.556. The van der Waals surface area contributed by atoms with Crippen LogP contribution < -0.4 is 10.6 Å². The van der Waals surface area contributed by atoms with E-state index >= 15 is 0 Å². The van der Waals surface area contributed by atoms with Gasteiger partial charge in [0.05, 0.1) is 18.5 Å². The van der Waals surface area contributed by atoms with E-state index in [2.05, 4.69) is 45.7 Å². The minimum absolute atomic E-state index is 0. The number of nitrogens with one attached hydrogen (secondary N) is 2. The van der Waals surface area contributed by atoms with Crippen molar-refractivity contribution in [3.63, 3.8) is 0 Å². The summed E-state index contributed by atoms with van der Waals surface area (Å²) in [6.45, 7) is 4.76. The molecule has 140 valence electrons. The van der Waals surface area contributed by atoms with Gasteiger partial charge in [-0.1, -0.05) is 19.0 Å². The van der Waals surface area contributed by atoms with Crippen LogP contribution in [0.2, 0.25) is 0 Å². The first kappa shape index (κ1) is 18.1. The first-order chi connectivity index (χ1) is 12.5. The molecule has 0 saturated heterocycles. The van der Waals surface area contributed by atoms with Crippen LogP contribution >= 0.6 is 0 Å². The molecule has 1 aliphatic rings. The van der Waals surface area contributed by atoms with Crippen molar-refractivity contribution in [2.24, 2.45) is 5.41 Å². The zero-order valence-corrected chi connectivity index (χ0v) is 15.1. The number of nitriles is 1. The van der Waals surface area contributed by atoms with Gasteiger partial charge in [0.15, 0.2) is 0 Å². The number of nitrogens with zero attached hydrogens (tertiary/aromatic N) is 4. The van der Waals surface area contributed by atoms with Crippen molar-refractivity contribution in [3.8, 4) is 6.07 Å². The maximum Gasteiger partial charge on any atom is 0.224 e. The van der Waals surface area contributed by atoms with Crippen LogP contribution in [0.1, 0.15) is 45.7 Å². The normalized spacial score (nSPS) is 21.8. The fourth-order valence-electron chi connectivity index (χ4n) is 3.27. The first-order valence-corrected chi connectivity index (χ1v) is 8.82. The van der Waals surface area contributed by atoms with Crippen LogP contribution in [0.25, 0.3) is 0 Å². The molecule has 2 aromatic rings. The summed E-state index contributed by atoms with van der Waals surface area (Å²) < 4.78 is 4.80. The van der Waals surface area contributed by atoms with Crippen LogP contribution in [0.5, 0.6) is 0 Å². The van der Waals surface area contributed by atoms with Crippen LogP contribution in [-0.2, 0) is 6.42 Å². The Hall–Kier alpha value is -2.66. The number of anilines is 2. The van der Waals surface area contributed by atoms with Crippen LogP contribution in [0.4, 0.5) is 11.8 Å². The third-order valence-electron chi connectivity index (χ3n) is 4.89. The highest BCUT2D eigenvalue weighted by Gasteiger charge is 2.35. The molecule has 1 aliphatic carbocycles. The molecule has 0 radical (unpaired) electrons. The van der Waals surface area contributed by atoms with Gasteiger partial charge >= 0.3 is 0 Å². The van der Waals surface area contributed by atoms with Crippen molar-refractivity contribution in [2.45, 2.75) is 51.7 Å². The van der Waals surface area contributed by atoms with Gasteiger partial charge < -0.3 is 20.3 Å². The number of aromatic nitrogens is 3. The summed E-state index contributed by atoms with van der Waals surface area (Å²) in [5.74, 6) is 1.00. The van der Waals surface area contributed by atoms with E-state index in [4.69, 9.17) is 4.52 Å². The average Bonchev–Trinajstić information content (AvgIpc) is 3.12. The third kappa shape index (κ3) is 4.29. The van der Waals surface area contributed by atoms with Crippen molar-refractivity contribution >= 4 is 11.8 Å². The molecule has 2 aromatic heterocycles. The quantitative estimate of drug-likeness (QED) is 0.721. The predicted molar refractivity (Wildman–Crippen MR) is 98.6 cm³/mol. The first-order valence-electron chi connectivity index (χ1n) is 8.82. The summed E-state index contributed by atoms with van der Waals surface area (Å²) in [5, 5.41) is 29.6. The van der Waals surface area contributed by atoms with Crippen LogP contribution in [-0.4, -0.2) is 38.9 Å². The molecule has 0 unspecified atom stereocenters. The van der Waals surface area contributed by atoms with Crippen LogP contribution in [0, 0.1) is 16.7 Å². The van der Waals surface area contributed by atoms with Gasteiger partial charge in [-0.2, -0.15) is 10.2 Å². The number of rotatable bonds is 6. The maximum atomic E-state index is 10.1. The summed E-state index contributed by atoms with van der Waals surface area (Å²) in [6, 6.07) is 2.30. The van der Waals surface area contributed by atoms with E-state index in [1.165, 1.54) is 6.20 Å². The molecule has 2 atom stereocenters. The molecule has 8 nitrogen and oxygen atoms in total. The Labute approximate surface area is 154 Å². The molecule has 0 spiro atoms. The molecule has 3 N–H and O–H groups in total. The van der Waals surface area contributed by atoms with Crippen molar-refractivity contribution in [1.29, 1.82) is 5.26 Å². The topological polar surface area (TPSA) is 120 Å². The van der Waals surface area contributed by atoms with E-state index < -0.39 is 0 Å². The fourth-order valence-corrected chi connectivity index (χ4v) is 3.27. The maximum absolute atomic E-state index is 10.1. The Bertz CT molecular complexity index is 775. The van der Waals surface area contributed by atoms with Gasteiger partial charge in [0.2, 0.25) is 5.95 Å². The highest BCUT2D eigenvalue weighted by atomic mass is 16.5. The van der Waals surface area contributed by atoms with Gasteiger partial charge in [-0.15, -0.1) is 0 Å². The average molecular weight is 358 g/mol. The summed E-state index contributed by atoms with van der Waals surface area (Å²) in [7, 11) is 0. The Morgan fingerprint density at radius 3 is 2.96 bits per heavy atom. The Morgan fingerprint density at radius 2 is 2.27 bits per heavy atom. The number of aliphatic hydroxyl groups excluding tert-OH is 1. The second-order valence-electron chi connectivity index (χ2n) is 7.40. The van der Waals surface area contributed by atoms with E-state index in [1.54, 1.807) is 12.5 Å². The lowest BCUT2D eigenvalue weighted by atomic mass is 9.73. The molecule has 26 heavy (non-hydrogen) atoms. The van der Waals surface area contributed by atoms with Gasteiger partial charge in [0.25, 0.3) is 0 Å². The van der Waals surface area contributed by atoms with E-state index in [0.29, 0.717) is 23.9 Å². The largest absolute Gasteiger partial charge is 0.393 e. The SMILES string of the molecule is CC1(C)C[C@H](Nc2nc(NCCc3cnoc3)ncc2C#N)CC[C@@H]1O.[HH]. The number of aliphatic hydroxyl groups is 1. The smallest absolute Gasteiger partial charge is 0.224 e. The Kier molecular flexibility index (Phi) is 5.38. The lowest BCUT2D eigenvalue weighted by Crippen LogP contribution is -2.41. The molecular formula is C18H26N6O2. The van der Waals surface area contributed by atoms with E-state index in [1.807, 2.05) is 0 Å². The van der Waals surface area contributed by atoms with Crippen molar-refractivity contribution < 1.29 is 11.1 Å². The van der Waals surface area contributed by atoms with Crippen molar-refractivity contribution in [1.82, 2.24) is 15.1 Å². The van der Waals surface area contributed by atoms with Gasteiger partial charge in [-0.05, 0) is 31.1 Å². The van der Waals surface area contributed by atoms with Crippen LogP contribution in [0.3, 0.4) is 0 Å². The van der Waals surface area contributed by atoms with Gasteiger partial charge in [0, 0.05) is 19.6 Å². The monoisotopic (exact) mass is 358 g/mol. The zero-order valence-electron chi connectivity index (χ0n) is 15.1. The second kappa shape index (κ2) is 7.70. The number of hydrogen-bond donors (Lipinski definition) is 3. The van der Waals surface area contributed by atoms with Crippen LogP contribution in [0.15, 0.2) is 23.2 Å². The third-order valence-corrected chi connectivity index (χ3v) is 4.89. The molecule has 1 fully saturated rings. The molecule has 0 amide bonds. The summed E-state index contributed by atoms with van der Waals surface area (Å²) in [4.78, 5) is 8.66. The van der Waals surface area contributed by atoms with Crippen molar-refractivity contribution in [2.75, 3.05) is 17.2 Å². The van der Waals surface area contributed by atoms with Crippen molar-refractivity contribution in [3.05, 3.63) is 29.8 Å². The molecule has 8 heteroatoms. The minimum atomic E-state index is -0.295. The molecule has 1 saturated carbocycles. The second-order valence-corrected chi connectivity index (χ2v) is 7.40. The highest BCUT2D eigenvalue weighted by molar-refractivity contribution is 5.54. The van der Waals surface area contributed by atoms with Gasteiger partial charge in [-0.3, -0.25) is 0 Å². The summed E-state index contributed by atoms with van der Waals surface area (Å²) in [6.07, 6.45) is 7.65. The number of hydrogen-bond acceptors (Lipinski definition) is 8. The van der Waals surface area contributed by atoms with E-state index in [0.717, 1.165) is 31.2 Å². The lowest BCUT2D eigenvalue weighted by molar-refractivity contribution is 0.00926. The molecule has 0 aromatic carbocycles.